The molecule has 2 heterocycles. The van der Waals surface area contributed by atoms with E-state index in [0.29, 0.717) is 12.3 Å². The predicted molar refractivity (Wildman–Crippen MR) is 171 cm³/mol. The Balaban J connectivity index is 1.52. The minimum Gasteiger partial charge on any atom is -0.375 e. The van der Waals surface area contributed by atoms with Gasteiger partial charge in [0.25, 0.3) is 0 Å². The van der Waals surface area contributed by atoms with Crippen molar-refractivity contribution in [2.75, 3.05) is 17.3 Å². The van der Waals surface area contributed by atoms with Crippen LogP contribution in [0.3, 0.4) is 0 Å². The van der Waals surface area contributed by atoms with Gasteiger partial charge in [0.2, 0.25) is 0 Å². The molecule has 0 unspecified atom stereocenters. The van der Waals surface area contributed by atoms with Crippen LogP contribution in [0.1, 0.15) is 54.9 Å². The molecule has 0 radical (unpaired) electrons. The average Bonchev–Trinajstić information content (AvgIpc) is 3.68. The second-order valence-corrected chi connectivity index (χ2v) is 12.5. The van der Waals surface area contributed by atoms with Crippen LogP contribution in [0.15, 0.2) is 66.4 Å². The number of anilines is 1. The number of aryl methyl sites for hydroxylation is 1. The van der Waals surface area contributed by atoms with Gasteiger partial charge in [-0.15, -0.1) is 11.3 Å². The van der Waals surface area contributed by atoms with Crippen molar-refractivity contribution in [3.8, 4) is 11.1 Å². The lowest BCUT2D eigenvalue weighted by atomic mass is 9.83. The maximum atomic E-state index is 13.9. The van der Waals surface area contributed by atoms with Gasteiger partial charge in [0.1, 0.15) is 16.6 Å². The molecule has 8 heteroatoms. The molecular formula is C33H37FN4OS2. The molecule has 1 aliphatic rings. The molecule has 41 heavy (non-hydrogen) atoms. The van der Waals surface area contributed by atoms with E-state index in [-0.39, 0.29) is 17.8 Å². The van der Waals surface area contributed by atoms with Crippen LogP contribution in [0.2, 0.25) is 0 Å². The molecule has 214 valence electrons. The smallest absolute Gasteiger partial charge is 0.158 e. The highest BCUT2D eigenvalue weighted by atomic mass is 32.2. The van der Waals surface area contributed by atoms with Crippen LogP contribution in [0.25, 0.3) is 22.8 Å². The summed E-state index contributed by atoms with van der Waals surface area (Å²) in [6, 6.07) is 12.6. The second-order valence-electron chi connectivity index (χ2n) is 10.6. The highest BCUT2D eigenvalue weighted by Gasteiger charge is 2.28. The molecule has 0 bridgehead atoms. The van der Waals surface area contributed by atoms with Gasteiger partial charge < -0.3 is 9.88 Å². The number of rotatable bonds is 12. The summed E-state index contributed by atoms with van der Waals surface area (Å²) in [6.45, 7) is 2.65. The Kier molecular flexibility index (Phi) is 10.1. The van der Waals surface area contributed by atoms with Gasteiger partial charge in [0.15, 0.2) is 5.78 Å². The molecule has 1 fully saturated rings. The first-order valence-corrected chi connectivity index (χ1v) is 16.6. The fourth-order valence-corrected chi connectivity index (χ4v) is 6.66. The quantitative estimate of drug-likeness (QED) is 0.180. The van der Waals surface area contributed by atoms with Gasteiger partial charge in [-0.25, -0.2) is 14.4 Å². The number of nitrogens with zero attached hydrogens (tertiary/aromatic N) is 3. The molecule has 2 aromatic heterocycles. The van der Waals surface area contributed by atoms with Gasteiger partial charge in [-0.2, -0.15) is 11.8 Å². The number of thiazole rings is 1. The SMILES string of the molecule is CSCC[C@H](Nc1ccc(/C=C(/Cn2ccnc2C)c2nccs2)cc1-c1ccc(F)cc1)C(=O)C1CCCCC1. The van der Waals surface area contributed by atoms with Crippen molar-refractivity contribution >= 4 is 46.2 Å². The summed E-state index contributed by atoms with van der Waals surface area (Å²) < 4.78 is 16.0. The molecule has 1 saturated carbocycles. The number of hydrogen-bond acceptors (Lipinski definition) is 6. The zero-order valence-corrected chi connectivity index (χ0v) is 25.3. The number of aromatic nitrogens is 3. The van der Waals surface area contributed by atoms with Gasteiger partial charge in [-0.3, -0.25) is 4.79 Å². The van der Waals surface area contributed by atoms with Crippen LogP contribution in [0.5, 0.6) is 0 Å². The summed E-state index contributed by atoms with van der Waals surface area (Å²) >= 11 is 3.37. The largest absolute Gasteiger partial charge is 0.375 e. The fourth-order valence-electron chi connectivity index (χ4n) is 5.54. The molecule has 4 aromatic rings. The van der Waals surface area contributed by atoms with Gasteiger partial charge in [0, 0.05) is 46.7 Å². The van der Waals surface area contributed by atoms with Crippen LogP contribution < -0.4 is 5.32 Å². The lowest BCUT2D eigenvalue weighted by Gasteiger charge is -2.27. The van der Waals surface area contributed by atoms with Crippen LogP contribution in [-0.2, 0) is 11.3 Å². The highest BCUT2D eigenvalue weighted by Crippen LogP contribution is 2.34. The normalized spacial score (nSPS) is 15.1. The number of carbonyl (C=O) groups excluding carboxylic acids is 1. The lowest BCUT2D eigenvalue weighted by Crippen LogP contribution is -2.36. The van der Waals surface area contributed by atoms with Crippen molar-refractivity contribution < 1.29 is 9.18 Å². The Labute approximate surface area is 250 Å². The van der Waals surface area contributed by atoms with E-state index in [9.17, 15) is 9.18 Å². The summed E-state index contributed by atoms with van der Waals surface area (Å²) in [5.74, 6) is 2.04. The fraction of sp³-hybridized carbons (Fsp3) is 0.364. The Hall–Kier alpha value is -3.23. The molecule has 1 N–H and O–H groups in total. The molecule has 0 spiro atoms. The van der Waals surface area contributed by atoms with Crippen LogP contribution >= 0.6 is 23.1 Å². The van der Waals surface area contributed by atoms with E-state index in [1.807, 2.05) is 30.9 Å². The second kappa shape index (κ2) is 14.1. The summed E-state index contributed by atoms with van der Waals surface area (Å²) in [5, 5.41) is 6.59. The number of carbonyl (C=O) groups is 1. The summed E-state index contributed by atoms with van der Waals surface area (Å²) in [6.07, 6.45) is 16.1. The molecule has 1 aliphatic carbocycles. The van der Waals surface area contributed by atoms with E-state index in [1.165, 1.54) is 18.6 Å². The van der Waals surface area contributed by atoms with E-state index < -0.39 is 0 Å². The maximum absolute atomic E-state index is 13.9. The number of halogens is 1. The number of Topliss-reactive ketones (excluding diaryl/α,β-unsaturated/α-hetero) is 1. The Bertz CT molecular complexity index is 1460. The standard InChI is InChI=1S/C33H37FN4OS2/c1-23-35-15-17-38(23)22-27(33-36-16-19-41-33)20-24-8-13-30(29(21-24)25-9-11-28(34)12-10-25)37-31(14-18-40-2)32(39)26-6-4-3-5-7-26/h8-13,15-17,19-21,26,31,37H,3-7,14,18,22H2,1-2H3/b27-20-/t31-/m0/s1. The third-order valence-corrected chi connectivity index (χ3v) is 9.30. The first-order chi connectivity index (χ1) is 20.0. The minimum absolute atomic E-state index is 0.132. The molecule has 1 atom stereocenters. The third-order valence-electron chi connectivity index (χ3n) is 7.80. The van der Waals surface area contributed by atoms with Crippen molar-refractivity contribution in [1.82, 2.24) is 14.5 Å². The number of benzene rings is 2. The van der Waals surface area contributed by atoms with Gasteiger partial charge in [-0.05, 0) is 79.7 Å². The van der Waals surface area contributed by atoms with Crippen LogP contribution in [-0.4, -0.2) is 38.4 Å². The van der Waals surface area contributed by atoms with Crippen molar-refractivity contribution in [1.29, 1.82) is 0 Å². The summed E-state index contributed by atoms with van der Waals surface area (Å²) in [5.41, 5.74) is 4.83. The monoisotopic (exact) mass is 588 g/mol. The highest BCUT2D eigenvalue weighted by molar-refractivity contribution is 7.98. The molecule has 0 amide bonds. The van der Waals surface area contributed by atoms with Crippen molar-refractivity contribution in [3.63, 3.8) is 0 Å². The Morgan fingerprint density at radius 1 is 1.15 bits per heavy atom. The molecule has 5 nitrogen and oxygen atoms in total. The predicted octanol–water partition coefficient (Wildman–Crippen LogP) is 8.38. The Morgan fingerprint density at radius 2 is 1.95 bits per heavy atom. The lowest BCUT2D eigenvalue weighted by molar-refractivity contribution is -0.124. The average molecular weight is 589 g/mol. The first-order valence-electron chi connectivity index (χ1n) is 14.3. The molecule has 0 aliphatic heterocycles. The van der Waals surface area contributed by atoms with E-state index >= 15 is 0 Å². The topological polar surface area (TPSA) is 59.8 Å². The van der Waals surface area contributed by atoms with Crippen molar-refractivity contribution in [3.05, 3.63) is 88.6 Å². The minimum atomic E-state index is -0.272. The zero-order chi connectivity index (χ0) is 28.6. The van der Waals surface area contributed by atoms with E-state index in [0.717, 1.165) is 76.6 Å². The number of nitrogens with one attached hydrogen (secondary N) is 1. The zero-order valence-electron chi connectivity index (χ0n) is 23.7. The van der Waals surface area contributed by atoms with Crippen LogP contribution in [0, 0.1) is 18.7 Å². The van der Waals surface area contributed by atoms with Crippen molar-refractivity contribution in [2.24, 2.45) is 5.92 Å². The Morgan fingerprint density at radius 3 is 2.63 bits per heavy atom. The van der Waals surface area contributed by atoms with Gasteiger partial charge in [0.05, 0.1) is 12.6 Å². The summed E-state index contributed by atoms with van der Waals surface area (Å²) in [4.78, 5) is 22.6. The van der Waals surface area contributed by atoms with Gasteiger partial charge >= 0.3 is 0 Å². The summed E-state index contributed by atoms with van der Waals surface area (Å²) in [7, 11) is 0. The number of allylic oxidation sites excluding steroid dienone is 1. The van der Waals surface area contributed by atoms with E-state index in [4.69, 9.17) is 0 Å². The van der Waals surface area contributed by atoms with E-state index in [1.54, 1.807) is 35.2 Å². The number of imidazole rings is 1. The van der Waals surface area contributed by atoms with Gasteiger partial charge in [-0.1, -0.05) is 37.5 Å². The molecule has 0 saturated heterocycles. The van der Waals surface area contributed by atoms with E-state index in [2.05, 4.69) is 50.4 Å². The molecule has 5 rings (SSSR count). The molecule has 2 aromatic carbocycles. The number of ketones is 1. The molecular weight excluding hydrogens is 552 g/mol. The van der Waals surface area contributed by atoms with Crippen molar-refractivity contribution in [2.45, 2.75) is 58.0 Å². The third kappa shape index (κ3) is 7.54. The van der Waals surface area contributed by atoms with Crippen LogP contribution in [0.4, 0.5) is 10.1 Å². The number of thioether (sulfide) groups is 1. The maximum Gasteiger partial charge on any atom is 0.158 e. The number of hydrogen-bond donors (Lipinski definition) is 1. The first kappa shape index (κ1) is 29.3.